The molecular formula is C11H17N3O2. The summed E-state index contributed by atoms with van der Waals surface area (Å²) in [6.07, 6.45) is 3.47. The summed E-state index contributed by atoms with van der Waals surface area (Å²) in [5.41, 5.74) is 5.32. The maximum atomic E-state index is 11.5. The average Bonchev–Trinajstić information content (AvgIpc) is 2.30. The Morgan fingerprint density at radius 3 is 3.12 bits per heavy atom. The summed E-state index contributed by atoms with van der Waals surface area (Å²) in [4.78, 5) is 15.4. The van der Waals surface area contributed by atoms with Crippen LogP contribution in [0, 0.1) is 0 Å². The summed E-state index contributed by atoms with van der Waals surface area (Å²) < 4.78 is 5.40. The van der Waals surface area contributed by atoms with Gasteiger partial charge < -0.3 is 15.8 Å². The van der Waals surface area contributed by atoms with Crippen LogP contribution in [0.4, 0.5) is 0 Å². The second kappa shape index (κ2) is 6.79. The second-order valence-corrected chi connectivity index (χ2v) is 3.38. The number of nitrogens with two attached hydrogens (primary N) is 1. The van der Waals surface area contributed by atoms with Gasteiger partial charge in [0.25, 0.3) is 5.91 Å². The minimum atomic E-state index is -0.526. The SMILES string of the molecule is CC(Oc1cccnc1)C(=O)NCCCN. The number of hydrogen-bond donors (Lipinski definition) is 2. The van der Waals surface area contributed by atoms with Crippen molar-refractivity contribution in [1.29, 1.82) is 0 Å². The van der Waals surface area contributed by atoms with Crippen LogP contribution >= 0.6 is 0 Å². The molecule has 1 aromatic heterocycles. The van der Waals surface area contributed by atoms with Crippen LogP contribution in [-0.2, 0) is 4.79 Å². The lowest BCUT2D eigenvalue weighted by Crippen LogP contribution is -2.37. The predicted molar refractivity (Wildman–Crippen MR) is 61.0 cm³/mol. The molecule has 1 aromatic rings. The molecule has 0 saturated heterocycles. The van der Waals surface area contributed by atoms with Crippen LogP contribution in [-0.4, -0.2) is 30.1 Å². The van der Waals surface area contributed by atoms with Gasteiger partial charge in [0.15, 0.2) is 6.10 Å². The smallest absolute Gasteiger partial charge is 0.260 e. The number of aromatic nitrogens is 1. The fraction of sp³-hybridized carbons (Fsp3) is 0.455. The second-order valence-electron chi connectivity index (χ2n) is 3.38. The molecule has 1 rings (SSSR count). The fourth-order valence-electron chi connectivity index (χ4n) is 1.13. The van der Waals surface area contributed by atoms with E-state index >= 15 is 0 Å². The molecule has 0 fully saturated rings. The third-order valence-electron chi connectivity index (χ3n) is 2.00. The van der Waals surface area contributed by atoms with Crippen molar-refractivity contribution in [1.82, 2.24) is 10.3 Å². The average molecular weight is 223 g/mol. The summed E-state index contributed by atoms with van der Waals surface area (Å²) in [6, 6.07) is 3.52. The van der Waals surface area contributed by atoms with E-state index in [1.54, 1.807) is 31.5 Å². The molecule has 0 radical (unpaired) electrons. The van der Waals surface area contributed by atoms with Crippen molar-refractivity contribution in [3.63, 3.8) is 0 Å². The maximum absolute atomic E-state index is 11.5. The van der Waals surface area contributed by atoms with E-state index in [1.165, 1.54) is 0 Å². The van der Waals surface area contributed by atoms with E-state index in [0.717, 1.165) is 6.42 Å². The van der Waals surface area contributed by atoms with Crippen molar-refractivity contribution in [3.05, 3.63) is 24.5 Å². The highest BCUT2D eigenvalue weighted by Gasteiger charge is 2.13. The Labute approximate surface area is 95.0 Å². The van der Waals surface area contributed by atoms with Gasteiger partial charge in [-0.2, -0.15) is 0 Å². The molecule has 88 valence electrons. The van der Waals surface area contributed by atoms with Crippen molar-refractivity contribution in [2.75, 3.05) is 13.1 Å². The molecule has 3 N–H and O–H groups in total. The minimum absolute atomic E-state index is 0.141. The van der Waals surface area contributed by atoms with Gasteiger partial charge >= 0.3 is 0 Å². The molecule has 0 aliphatic carbocycles. The molecular weight excluding hydrogens is 206 g/mol. The minimum Gasteiger partial charge on any atom is -0.479 e. The molecule has 1 amide bonds. The molecule has 0 saturated carbocycles. The summed E-state index contributed by atoms with van der Waals surface area (Å²) in [7, 11) is 0. The van der Waals surface area contributed by atoms with Crippen molar-refractivity contribution in [3.8, 4) is 5.75 Å². The highest BCUT2D eigenvalue weighted by Crippen LogP contribution is 2.08. The Bertz CT molecular complexity index is 316. The predicted octanol–water partition coefficient (Wildman–Crippen LogP) is 0.314. The van der Waals surface area contributed by atoms with Crippen LogP contribution in [0.25, 0.3) is 0 Å². The van der Waals surface area contributed by atoms with Crippen molar-refractivity contribution >= 4 is 5.91 Å². The molecule has 16 heavy (non-hydrogen) atoms. The van der Waals surface area contributed by atoms with Crippen molar-refractivity contribution in [2.45, 2.75) is 19.4 Å². The van der Waals surface area contributed by atoms with Crippen LogP contribution in [0.5, 0.6) is 5.75 Å². The quantitative estimate of drug-likeness (QED) is 0.681. The van der Waals surface area contributed by atoms with E-state index in [1.807, 2.05) is 0 Å². The first-order valence-corrected chi connectivity index (χ1v) is 5.28. The molecule has 1 unspecified atom stereocenters. The molecule has 0 bridgehead atoms. The van der Waals surface area contributed by atoms with Crippen molar-refractivity contribution < 1.29 is 9.53 Å². The summed E-state index contributed by atoms with van der Waals surface area (Å²) in [6.45, 7) is 2.85. The molecule has 5 heteroatoms. The first-order chi connectivity index (χ1) is 7.74. The molecule has 0 aromatic carbocycles. The molecule has 0 aliphatic heterocycles. The van der Waals surface area contributed by atoms with Gasteiger partial charge in [0.1, 0.15) is 5.75 Å². The van der Waals surface area contributed by atoms with E-state index < -0.39 is 6.10 Å². The third kappa shape index (κ3) is 4.27. The number of hydrogen-bond acceptors (Lipinski definition) is 4. The molecule has 5 nitrogen and oxygen atoms in total. The monoisotopic (exact) mass is 223 g/mol. The number of rotatable bonds is 6. The largest absolute Gasteiger partial charge is 0.479 e. The van der Waals surface area contributed by atoms with Crippen LogP contribution in [0.3, 0.4) is 0 Å². The summed E-state index contributed by atoms with van der Waals surface area (Å²) >= 11 is 0. The first-order valence-electron chi connectivity index (χ1n) is 5.28. The van der Waals surface area contributed by atoms with Gasteiger partial charge in [0.05, 0.1) is 6.20 Å². The molecule has 0 aliphatic rings. The van der Waals surface area contributed by atoms with Crippen LogP contribution in [0.15, 0.2) is 24.5 Å². The Kier molecular flexibility index (Phi) is 5.28. The van der Waals surface area contributed by atoms with Crippen LogP contribution < -0.4 is 15.8 Å². The molecule has 1 heterocycles. The van der Waals surface area contributed by atoms with Crippen LogP contribution in [0.2, 0.25) is 0 Å². The van der Waals surface area contributed by atoms with Gasteiger partial charge in [-0.15, -0.1) is 0 Å². The number of nitrogens with zero attached hydrogens (tertiary/aromatic N) is 1. The van der Waals surface area contributed by atoms with Gasteiger partial charge in [-0.3, -0.25) is 9.78 Å². The van der Waals surface area contributed by atoms with E-state index in [2.05, 4.69) is 10.3 Å². The third-order valence-corrected chi connectivity index (χ3v) is 2.00. The Balaban J connectivity index is 2.34. The zero-order valence-electron chi connectivity index (χ0n) is 9.35. The number of carbonyl (C=O) groups is 1. The van der Waals surface area contributed by atoms with E-state index in [0.29, 0.717) is 18.8 Å². The number of nitrogens with one attached hydrogen (secondary N) is 1. The number of amides is 1. The highest BCUT2D eigenvalue weighted by atomic mass is 16.5. The maximum Gasteiger partial charge on any atom is 0.260 e. The standard InChI is InChI=1S/C11H17N3O2/c1-9(11(15)14-7-3-5-12)16-10-4-2-6-13-8-10/h2,4,6,8-9H,3,5,7,12H2,1H3,(H,14,15). The number of carbonyl (C=O) groups excluding carboxylic acids is 1. The normalized spacial score (nSPS) is 11.9. The number of pyridine rings is 1. The topological polar surface area (TPSA) is 77.2 Å². The Morgan fingerprint density at radius 1 is 1.69 bits per heavy atom. The summed E-state index contributed by atoms with van der Waals surface area (Å²) in [5, 5.41) is 2.74. The lowest BCUT2D eigenvalue weighted by molar-refractivity contribution is -0.127. The van der Waals surface area contributed by atoms with Gasteiger partial charge in [-0.05, 0) is 32.0 Å². The van der Waals surface area contributed by atoms with Gasteiger partial charge in [0.2, 0.25) is 0 Å². The van der Waals surface area contributed by atoms with Gasteiger partial charge in [-0.25, -0.2) is 0 Å². The molecule has 0 spiro atoms. The van der Waals surface area contributed by atoms with Gasteiger partial charge in [-0.1, -0.05) is 0 Å². The zero-order valence-corrected chi connectivity index (χ0v) is 9.35. The Morgan fingerprint density at radius 2 is 2.50 bits per heavy atom. The molecule has 1 atom stereocenters. The van der Waals surface area contributed by atoms with Crippen molar-refractivity contribution in [2.24, 2.45) is 5.73 Å². The number of ether oxygens (including phenoxy) is 1. The van der Waals surface area contributed by atoms with Crippen LogP contribution in [0.1, 0.15) is 13.3 Å². The fourth-order valence-corrected chi connectivity index (χ4v) is 1.13. The zero-order chi connectivity index (χ0) is 11.8. The van der Waals surface area contributed by atoms with E-state index in [4.69, 9.17) is 10.5 Å². The highest BCUT2D eigenvalue weighted by molar-refractivity contribution is 5.80. The summed E-state index contributed by atoms with van der Waals surface area (Å²) in [5.74, 6) is 0.446. The lowest BCUT2D eigenvalue weighted by atomic mass is 10.3. The Hall–Kier alpha value is -1.62. The van der Waals surface area contributed by atoms with E-state index in [-0.39, 0.29) is 5.91 Å². The lowest BCUT2D eigenvalue weighted by Gasteiger charge is -2.13. The van der Waals surface area contributed by atoms with E-state index in [9.17, 15) is 4.79 Å². The first kappa shape index (κ1) is 12.4. The van der Waals surface area contributed by atoms with Gasteiger partial charge in [0, 0.05) is 12.7 Å².